The predicted molar refractivity (Wildman–Crippen MR) is 246 cm³/mol. The summed E-state index contributed by atoms with van der Waals surface area (Å²) in [4.78, 5) is 128. The lowest BCUT2D eigenvalue weighted by atomic mass is 10.0. The molecule has 1 aliphatic rings. The first kappa shape index (κ1) is 53.8. The smallest absolute Gasteiger partial charge is 0.326 e. The van der Waals surface area contributed by atoms with Gasteiger partial charge in [0.2, 0.25) is 41.4 Å². The van der Waals surface area contributed by atoms with E-state index >= 15 is 0 Å². The summed E-state index contributed by atoms with van der Waals surface area (Å²) in [5, 5.41) is 57.5. The number of amides is 7. The minimum atomic E-state index is -1.94. The van der Waals surface area contributed by atoms with Crippen LogP contribution in [-0.2, 0) is 56.0 Å². The van der Waals surface area contributed by atoms with E-state index in [9.17, 15) is 63.6 Å². The van der Waals surface area contributed by atoms with Gasteiger partial charge in [0.1, 0.15) is 42.0 Å². The molecule has 1 aromatic heterocycles. The Morgan fingerprint density at radius 2 is 1.42 bits per heavy atom. The SMILES string of the molecule is NC(N)=NCCC[C@@H]1NC(=O)[C@H](CO)NC(=O)[C@H](N)CCCCNC(=O)CC[C@H](C(=O)N[C@@H](Cc2ccc(O)cc2)C(=O)O)NC(=O)[C@H](CC(=O)O)NC(=O)[C@H](Cc2c[nH]c3ccccc23)NC1=O. The average Bonchev–Trinajstić information content (AvgIpc) is 3.71. The normalized spacial score (nSPS) is 22.2. The highest BCUT2D eigenvalue weighted by Crippen LogP contribution is 2.20. The Balaban J connectivity index is 1.72. The molecule has 0 aliphatic carbocycles. The number of hydrogen-bond donors (Lipinski definition) is 15. The number of aliphatic imine (C=N–C) groups is 1. The van der Waals surface area contributed by atoms with Crippen LogP contribution in [0.25, 0.3) is 10.9 Å². The number of carboxylic acid groups (broad SMARTS) is 2. The zero-order valence-electron chi connectivity index (χ0n) is 37.6. The van der Waals surface area contributed by atoms with Crippen molar-refractivity contribution in [3.8, 4) is 5.75 Å². The van der Waals surface area contributed by atoms with Crippen LogP contribution >= 0.6 is 0 Å². The maximum absolute atomic E-state index is 14.4. The van der Waals surface area contributed by atoms with Crippen molar-refractivity contribution in [2.75, 3.05) is 19.7 Å². The lowest BCUT2D eigenvalue weighted by molar-refractivity contribution is -0.143. The molecule has 0 unspecified atom stereocenters. The van der Waals surface area contributed by atoms with Crippen molar-refractivity contribution in [2.45, 2.75) is 107 Å². The number of para-hydroxylation sites is 1. The Bertz CT molecular complexity index is 2340. The largest absolute Gasteiger partial charge is 0.508 e. The summed E-state index contributed by atoms with van der Waals surface area (Å²) in [6, 6.07) is 1.45. The fourth-order valence-electron chi connectivity index (χ4n) is 7.27. The molecule has 3 aromatic rings. The number of guanidine groups is 1. The molecule has 2 heterocycles. The van der Waals surface area contributed by atoms with E-state index in [2.05, 4.69) is 47.2 Å². The number of phenols is 1. The van der Waals surface area contributed by atoms with E-state index in [0.717, 1.165) is 0 Å². The summed E-state index contributed by atoms with van der Waals surface area (Å²) in [6.07, 6.45) is -0.242. The topological polar surface area (TPSA) is 425 Å². The number of benzene rings is 2. The van der Waals surface area contributed by atoms with E-state index in [1.54, 1.807) is 30.5 Å². The molecular weight excluding hydrogens is 905 g/mol. The fourth-order valence-corrected chi connectivity index (χ4v) is 7.27. The molecule has 1 saturated heterocycles. The summed E-state index contributed by atoms with van der Waals surface area (Å²) in [5.41, 5.74) is 18.5. The number of H-pyrrole nitrogens is 1. The summed E-state index contributed by atoms with van der Waals surface area (Å²) in [7, 11) is 0. The number of aliphatic hydroxyl groups is 1. The molecular formula is C44H60N12O13. The maximum atomic E-state index is 14.4. The summed E-state index contributed by atoms with van der Waals surface area (Å²) >= 11 is 0. The first-order chi connectivity index (χ1) is 32.8. The van der Waals surface area contributed by atoms with Crippen molar-refractivity contribution in [1.29, 1.82) is 0 Å². The Hall–Kier alpha value is -7.80. The zero-order valence-corrected chi connectivity index (χ0v) is 37.6. The van der Waals surface area contributed by atoms with E-state index < -0.39 is 121 Å². The number of nitrogens with two attached hydrogens (primary N) is 3. The number of nitrogens with one attached hydrogen (secondary N) is 8. The van der Waals surface area contributed by atoms with Gasteiger partial charge in [0.25, 0.3) is 0 Å². The number of aromatic hydroxyl groups is 1. The van der Waals surface area contributed by atoms with Gasteiger partial charge < -0.3 is 79.8 Å². The number of nitrogens with zero attached hydrogens (tertiary/aromatic N) is 1. The van der Waals surface area contributed by atoms with Crippen LogP contribution in [0.3, 0.4) is 0 Å². The molecule has 7 atom stereocenters. The van der Waals surface area contributed by atoms with E-state index in [-0.39, 0.29) is 56.9 Å². The van der Waals surface area contributed by atoms with Crippen molar-refractivity contribution in [2.24, 2.45) is 22.2 Å². The number of aromatic nitrogens is 1. The molecule has 18 N–H and O–H groups in total. The molecule has 4 rings (SSSR count). The van der Waals surface area contributed by atoms with Crippen LogP contribution in [0, 0.1) is 0 Å². The van der Waals surface area contributed by atoms with Gasteiger partial charge in [0.05, 0.1) is 19.1 Å². The van der Waals surface area contributed by atoms with Gasteiger partial charge in [-0.1, -0.05) is 30.3 Å². The second-order valence-corrected chi connectivity index (χ2v) is 16.4. The van der Waals surface area contributed by atoms with E-state index in [0.29, 0.717) is 34.9 Å². The third-order valence-corrected chi connectivity index (χ3v) is 11.0. The van der Waals surface area contributed by atoms with Crippen molar-refractivity contribution in [1.82, 2.24) is 42.2 Å². The number of carbonyl (C=O) groups is 9. The molecule has 0 radical (unpaired) electrons. The zero-order chi connectivity index (χ0) is 50.6. The van der Waals surface area contributed by atoms with Crippen molar-refractivity contribution in [3.63, 3.8) is 0 Å². The number of phenolic OH excluding ortho intramolecular Hbond substituents is 1. The van der Waals surface area contributed by atoms with Crippen LogP contribution in [0.4, 0.5) is 0 Å². The second kappa shape index (κ2) is 26.5. The second-order valence-electron chi connectivity index (χ2n) is 16.4. The molecule has 7 amide bonds. The summed E-state index contributed by atoms with van der Waals surface area (Å²) in [6.45, 7) is -0.828. The molecule has 1 fully saturated rings. The third-order valence-electron chi connectivity index (χ3n) is 11.0. The van der Waals surface area contributed by atoms with Gasteiger partial charge in [-0.25, -0.2) is 4.79 Å². The number of aliphatic hydroxyl groups excluding tert-OH is 1. The number of carbonyl (C=O) groups excluding carboxylic acids is 7. The van der Waals surface area contributed by atoms with E-state index in [1.165, 1.54) is 24.3 Å². The highest BCUT2D eigenvalue weighted by atomic mass is 16.4. The van der Waals surface area contributed by atoms with Crippen molar-refractivity contribution >= 4 is 70.2 Å². The number of carboxylic acids is 2. The van der Waals surface area contributed by atoms with Crippen LogP contribution in [0.5, 0.6) is 5.75 Å². The van der Waals surface area contributed by atoms with Gasteiger partial charge >= 0.3 is 11.9 Å². The monoisotopic (exact) mass is 964 g/mol. The van der Waals surface area contributed by atoms with Gasteiger partial charge in [0, 0.05) is 49.5 Å². The Kier molecular flexibility index (Phi) is 20.7. The Labute approximate surface area is 395 Å². The van der Waals surface area contributed by atoms with Gasteiger partial charge in [-0.3, -0.25) is 43.3 Å². The van der Waals surface area contributed by atoms with Crippen LogP contribution in [0.15, 0.2) is 59.7 Å². The Morgan fingerprint density at radius 3 is 2.10 bits per heavy atom. The number of aromatic amines is 1. The first-order valence-electron chi connectivity index (χ1n) is 22.1. The third kappa shape index (κ3) is 17.4. The highest BCUT2D eigenvalue weighted by molar-refractivity contribution is 5.98. The maximum Gasteiger partial charge on any atom is 0.326 e. The van der Waals surface area contributed by atoms with Gasteiger partial charge in [-0.2, -0.15) is 0 Å². The van der Waals surface area contributed by atoms with Gasteiger partial charge in [-0.15, -0.1) is 0 Å². The van der Waals surface area contributed by atoms with Crippen LogP contribution in [0.1, 0.15) is 62.5 Å². The fraction of sp³-hybridized carbons (Fsp3) is 0.455. The number of hydrogen-bond acceptors (Lipinski definition) is 13. The average molecular weight is 965 g/mol. The lowest BCUT2D eigenvalue weighted by Gasteiger charge is -2.27. The molecule has 25 nitrogen and oxygen atoms in total. The summed E-state index contributed by atoms with van der Waals surface area (Å²) < 4.78 is 0. The van der Waals surface area contributed by atoms with Gasteiger partial charge in [0.15, 0.2) is 5.96 Å². The standard InChI is InChI=1S/C44H60N12O13/c45-27-7-3-4-16-48-35(59)15-14-30(39(64)55-33(43(68)69)18-23-10-12-25(58)13-11-23)52-41(66)32(20-36(60)61)54-40(65)31(19-24-21-50-28-8-2-1-6-26(24)28)53-38(63)29(9-5-17-49-44(46)47)51-42(67)34(22-57)56-37(27)62/h1-2,6,8,10-13,21,27,29-34,50,57-58H,3-5,7,9,14-20,22,45H2,(H,48,59)(H,51,67)(H,52,66)(H,53,63)(H,54,65)(H,55,64)(H,56,62)(H,60,61)(H,68,69)(H4,46,47,49)/t27-,29+,30-,31+,32+,33+,34+/m1/s1. The molecule has 0 saturated carbocycles. The highest BCUT2D eigenvalue weighted by Gasteiger charge is 2.35. The summed E-state index contributed by atoms with van der Waals surface area (Å²) in [5.74, 6) is -10.1. The van der Waals surface area contributed by atoms with E-state index in [1.807, 2.05) is 0 Å². The first-order valence-corrected chi connectivity index (χ1v) is 22.1. The minimum absolute atomic E-state index is 0.000311. The van der Waals surface area contributed by atoms with Gasteiger partial charge in [-0.05, 0) is 67.9 Å². The van der Waals surface area contributed by atoms with Crippen LogP contribution in [0.2, 0.25) is 0 Å². The predicted octanol–water partition coefficient (Wildman–Crippen LogP) is -3.42. The van der Waals surface area contributed by atoms with Crippen molar-refractivity contribution in [3.05, 3.63) is 65.9 Å². The molecule has 69 heavy (non-hydrogen) atoms. The molecule has 1 aliphatic heterocycles. The number of aliphatic carboxylic acids is 2. The quantitative estimate of drug-likeness (QED) is 0.0425. The number of fused-ring (bicyclic) bond motifs is 1. The lowest BCUT2D eigenvalue weighted by Crippen LogP contribution is -2.60. The molecule has 2 aromatic carbocycles. The minimum Gasteiger partial charge on any atom is -0.508 e. The number of rotatable bonds is 14. The molecule has 374 valence electrons. The Morgan fingerprint density at radius 1 is 0.783 bits per heavy atom. The molecule has 25 heteroatoms. The molecule has 0 spiro atoms. The molecule has 0 bridgehead atoms. The van der Waals surface area contributed by atoms with Crippen LogP contribution < -0.4 is 54.4 Å². The van der Waals surface area contributed by atoms with E-state index in [4.69, 9.17) is 17.2 Å². The van der Waals surface area contributed by atoms with Crippen LogP contribution in [-0.4, -0.2) is 147 Å². The van der Waals surface area contributed by atoms with Crippen molar-refractivity contribution < 1.29 is 63.6 Å².